The molecule has 0 saturated carbocycles. The molecule has 1 amide bonds. The Balaban J connectivity index is 1.84. The van der Waals surface area contributed by atoms with Crippen LogP contribution in [0.1, 0.15) is 10.4 Å². The molecule has 0 aromatic carbocycles. The summed E-state index contributed by atoms with van der Waals surface area (Å²) in [5.74, 6) is -0.0353. The fraction of sp³-hybridized carbons (Fsp3) is 0.294. The maximum atomic E-state index is 13.0. The number of fused-ring (bicyclic) bond motifs is 1. The van der Waals surface area contributed by atoms with Gasteiger partial charge in [-0.25, -0.2) is 9.97 Å². The molecule has 8 heteroatoms. The average Bonchev–Trinajstić information content (AvgIpc) is 3.03. The first kappa shape index (κ1) is 16.0. The predicted molar refractivity (Wildman–Crippen MR) is 93.5 cm³/mol. The molecule has 7 nitrogen and oxygen atoms in total. The molecule has 3 aromatic rings. The number of carbonyl (C=O) groups excluding carboxylic acids is 1. The number of carbonyl (C=O) groups is 1. The minimum absolute atomic E-state index is 0.0353. The van der Waals surface area contributed by atoms with E-state index in [1.807, 2.05) is 13.1 Å². The van der Waals surface area contributed by atoms with Crippen molar-refractivity contribution in [2.75, 3.05) is 26.3 Å². The van der Waals surface area contributed by atoms with Crippen molar-refractivity contribution in [1.29, 1.82) is 0 Å². The predicted octanol–water partition coefficient (Wildman–Crippen LogP) is 2.16. The van der Waals surface area contributed by atoms with Crippen molar-refractivity contribution in [3.8, 4) is 11.3 Å². The molecule has 4 rings (SSSR count). The van der Waals surface area contributed by atoms with Gasteiger partial charge in [-0.1, -0.05) is 11.6 Å². The van der Waals surface area contributed by atoms with E-state index in [9.17, 15) is 4.79 Å². The minimum atomic E-state index is -0.0353. The van der Waals surface area contributed by atoms with E-state index in [-0.39, 0.29) is 5.91 Å². The Kier molecular flexibility index (Phi) is 4.10. The van der Waals surface area contributed by atoms with Crippen LogP contribution in [-0.2, 0) is 11.8 Å². The zero-order valence-corrected chi connectivity index (χ0v) is 14.4. The van der Waals surface area contributed by atoms with Crippen LogP contribution in [-0.4, -0.2) is 56.9 Å². The summed E-state index contributed by atoms with van der Waals surface area (Å²) >= 11 is 5.87. The van der Waals surface area contributed by atoms with Crippen molar-refractivity contribution in [3.63, 3.8) is 0 Å². The monoisotopic (exact) mass is 357 g/mol. The van der Waals surface area contributed by atoms with Crippen molar-refractivity contribution >= 4 is 28.5 Å². The number of hydrogen-bond acceptors (Lipinski definition) is 5. The van der Waals surface area contributed by atoms with E-state index in [2.05, 4.69) is 15.1 Å². The number of amides is 1. The molecular weight excluding hydrogens is 342 g/mol. The lowest BCUT2D eigenvalue weighted by Gasteiger charge is -2.27. The molecule has 1 aliphatic heterocycles. The van der Waals surface area contributed by atoms with Gasteiger partial charge in [0.1, 0.15) is 5.15 Å². The average molecular weight is 358 g/mol. The molecule has 1 fully saturated rings. The van der Waals surface area contributed by atoms with Gasteiger partial charge in [-0.05, 0) is 18.2 Å². The molecule has 3 aromatic heterocycles. The highest BCUT2D eigenvalue weighted by Gasteiger charge is 2.23. The van der Waals surface area contributed by atoms with Crippen molar-refractivity contribution < 1.29 is 9.53 Å². The first-order valence-corrected chi connectivity index (χ1v) is 8.33. The molecule has 128 valence electrons. The van der Waals surface area contributed by atoms with Gasteiger partial charge in [-0.3, -0.25) is 9.48 Å². The molecule has 0 spiro atoms. The van der Waals surface area contributed by atoms with Crippen LogP contribution in [0.3, 0.4) is 0 Å². The van der Waals surface area contributed by atoms with E-state index < -0.39 is 0 Å². The summed E-state index contributed by atoms with van der Waals surface area (Å²) in [7, 11) is 1.81. The molecule has 0 radical (unpaired) electrons. The van der Waals surface area contributed by atoms with Gasteiger partial charge in [0.2, 0.25) is 0 Å². The van der Waals surface area contributed by atoms with E-state index in [0.717, 1.165) is 10.9 Å². The molecule has 4 heterocycles. The van der Waals surface area contributed by atoms with E-state index in [1.165, 1.54) is 0 Å². The zero-order valence-electron chi connectivity index (χ0n) is 13.6. The van der Waals surface area contributed by atoms with Crippen LogP contribution >= 0.6 is 11.6 Å². The van der Waals surface area contributed by atoms with Crippen molar-refractivity contribution in [3.05, 3.63) is 41.3 Å². The van der Waals surface area contributed by atoms with Gasteiger partial charge >= 0.3 is 0 Å². The minimum Gasteiger partial charge on any atom is -0.378 e. The molecule has 1 saturated heterocycles. The largest absolute Gasteiger partial charge is 0.378 e. The topological polar surface area (TPSA) is 73.1 Å². The lowest BCUT2D eigenvalue weighted by Crippen LogP contribution is -2.40. The SMILES string of the molecule is Cn1ncc2c(C(=O)N3CCOCC3)cc(-c3ccc(Cl)nc3)nc21. The van der Waals surface area contributed by atoms with Crippen molar-refractivity contribution in [1.82, 2.24) is 24.6 Å². The van der Waals surface area contributed by atoms with Crippen LogP contribution < -0.4 is 0 Å². The second-order valence-electron chi connectivity index (χ2n) is 5.83. The Labute approximate surface area is 149 Å². The molecule has 0 aliphatic carbocycles. The Bertz CT molecular complexity index is 932. The summed E-state index contributed by atoms with van der Waals surface area (Å²) in [6.45, 7) is 2.28. The zero-order chi connectivity index (χ0) is 17.4. The molecule has 0 unspecified atom stereocenters. The van der Waals surface area contributed by atoms with Gasteiger partial charge < -0.3 is 9.64 Å². The number of nitrogens with zero attached hydrogens (tertiary/aromatic N) is 5. The number of hydrogen-bond donors (Lipinski definition) is 0. The van der Waals surface area contributed by atoms with Crippen molar-refractivity contribution in [2.24, 2.45) is 7.05 Å². The maximum absolute atomic E-state index is 13.0. The lowest BCUT2D eigenvalue weighted by atomic mass is 10.1. The Hall–Kier alpha value is -2.51. The van der Waals surface area contributed by atoms with Gasteiger partial charge in [-0.2, -0.15) is 5.10 Å². The summed E-state index contributed by atoms with van der Waals surface area (Å²) in [5, 5.41) is 5.41. The van der Waals surface area contributed by atoms with Gasteiger partial charge in [0, 0.05) is 31.9 Å². The number of morpholine rings is 1. The smallest absolute Gasteiger partial charge is 0.254 e. The number of pyridine rings is 2. The summed E-state index contributed by atoms with van der Waals surface area (Å²) in [6.07, 6.45) is 3.33. The van der Waals surface area contributed by atoms with Crippen LogP contribution in [0.2, 0.25) is 5.15 Å². The maximum Gasteiger partial charge on any atom is 0.254 e. The van der Waals surface area contributed by atoms with Crippen LogP contribution in [0.15, 0.2) is 30.6 Å². The normalized spacial score (nSPS) is 14.9. The van der Waals surface area contributed by atoms with E-state index in [0.29, 0.717) is 48.4 Å². The van der Waals surface area contributed by atoms with Crippen molar-refractivity contribution in [2.45, 2.75) is 0 Å². The molecule has 0 bridgehead atoms. The number of halogens is 1. The van der Waals surface area contributed by atoms with Gasteiger partial charge in [0.25, 0.3) is 5.91 Å². The second-order valence-corrected chi connectivity index (χ2v) is 6.22. The van der Waals surface area contributed by atoms with E-state index in [1.54, 1.807) is 34.1 Å². The van der Waals surface area contributed by atoms with Gasteiger partial charge in [0.15, 0.2) is 5.65 Å². The summed E-state index contributed by atoms with van der Waals surface area (Å²) in [5.41, 5.74) is 2.70. The standard InChI is InChI=1S/C17H16ClN5O2/c1-22-16-13(10-20-22)12(17(24)23-4-6-25-7-5-23)8-14(21-16)11-2-3-15(18)19-9-11/h2-3,8-10H,4-7H2,1H3. The van der Waals surface area contributed by atoms with E-state index in [4.69, 9.17) is 16.3 Å². The third-order valence-electron chi connectivity index (χ3n) is 4.26. The van der Waals surface area contributed by atoms with Crippen LogP contribution in [0.5, 0.6) is 0 Å². The summed E-state index contributed by atoms with van der Waals surface area (Å²) in [4.78, 5) is 23.6. The Morgan fingerprint density at radius 2 is 2.04 bits per heavy atom. The van der Waals surface area contributed by atoms with Gasteiger partial charge in [-0.15, -0.1) is 0 Å². The van der Waals surface area contributed by atoms with E-state index >= 15 is 0 Å². The molecule has 25 heavy (non-hydrogen) atoms. The molecule has 0 atom stereocenters. The Morgan fingerprint density at radius 3 is 2.76 bits per heavy atom. The number of rotatable bonds is 2. The number of ether oxygens (including phenoxy) is 1. The molecular formula is C17H16ClN5O2. The van der Waals surface area contributed by atoms with Crippen LogP contribution in [0, 0.1) is 0 Å². The third-order valence-corrected chi connectivity index (χ3v) is 4.48. The van der Waals surface area contributed by atoms with Crippen LogP contribution in [0.25, 0.3) is 22.3 Å². The second kappa shape index (κ2) is 6.42. The highest BCUT2D eigenvalue weighted by Crippen LogP contribution is 2.26. The number of aryl methyl sites for hydroxylation is 1. The quantitative estimate of drug-likeness (QED) is 0.657. The highest BCUT2D eigenvalue weighted by molar-refractivity contribution is 6.29. The Morgan fingerprint density at radius 1 is 1.24 bits per heavy atom. The van der Waals surface area contributed by atoms with Crippen LogP contribution in [0.4, 0.5) is 0 Å². The first-order chi connectivity index (χ1) is 12.1. The first-order valence-electron chi connectivity index (χ1n) is 7.95. The molecule has 0 N–H and O–H groups in total. The fourth-order valence-electron chi connectivity index (χ4n) is 2.90. The highest BCUT2D eigenvalue weighted by atomic mass is 35.5. The fourth-order valence-corrected chi connectivity index (χ4v) is 3.02. The lowest BCUT2D eigenvalue weighted by molar-refractivity contribution is 0.0304. The summed E-state index contributed by atoms with van der Waals surface area (Å²) < 4.78 is 7.00. The molecule has 1 aliphatic rings. The third kappa shape index (κ3) is 2.96. The summed E-state index contributed by atoms with van der Waals surface area (Å²) in [6, 6.07) is 5.34. The van der Waals surface area contributed by atoms with Gasteiger partial charge in [0.05, 0.1) is 36.1 Å². The number of aromatic nitrogens is 4.